The number of nitrogens with one attached hydrogen (secondary N) is 1. The van der Waals surface area contributed by atoms with Crippen molar-refractivity contribution in [3.63, 3.8) is 0 Å². The summed E-state index contributed by atoms with van der Waals surface area (Å²) < 4.78 is 0. The number of hydrogen-bond donors (Lipinski definition) is 1. The molecule has 0 saturated heterocycles. The van der Waals surface area contributed by atoms with Gasteiger partial charge >= 0.3 is 0 Å². The molecule has 2 bridgehead atoms. The van der Waals surface area contributed by atoms with Crippen LogP contribution in [0.4, 0.5) is 0 Å². The molecule has 0 spiro atoms. The Hall–Kier alpha value is -0.240. The highest BCUT2D eigenvalue weighted by atomic mass is 35.5. The predicted octanol–water partition coefficient (Wildman–Crippen LogP) is 4.69. The largest absolute Gasteiger partial charge is 0.307 e. The van der Waals surface area contributed by atoms with Gasteiger partial charge in [-0.05, 0) is 67.6 Å². The summed E-state index contributed by atoms with van der Waals surface area (Å²) in [4.78, 5) is 0. The van der Waals surface area contributed by atoms with Gasteiger partial charge in [0.2, 0.25) is 0 Å². The molecule has 1 aromatic carbocycles. The highest BCUT2D eigenvalue weighted by molar-refractivity contribution is 6.35. The Balaban J connectivity index is 1.46. The van der Waals surface area contributed by atoms with E-state index in [0.29, 0.717) is 11.1 Å². The molecule has 1 nitrogen and oxygen atoms in total. The van der Waals surface area contributed by atoms with Gasteiger partial charge in [-0.3, -0.25) is 0 Å². The Morgan fingerprint density at radius 3 is 2.47 bits per heavy atom. The SMILES string of the molecule is CC(NC1C2C3CCC(C3)C12)c1ccc(Cl)cc1Cl. The van der Waals surface area contributed by atoms with Crippen LogP contribution in [0.25, 0.3) is 0 Å². The van der Waals surface area contributed by atoms with E-state index < -0.39 is 0 Å². The van der Waals surface area contributed by atoms with Gasteiger partial charge in [0.15, 0.2) is 0 Å². The van der Waals surface area contributed by atoms with Crippen molar-refractivity contribution in [3.8, 4) is 0 Å². The Kier molecular flexibility index (Phi) is 2.88. The molecule has 3 saturated carbocycles. The molecule has 0 radical (unpaired) electrons. The fourth-order valence-electron chi connectivity index (χ4n) is 4.78. The van der Waals surface area contributed by atoms with Crippen molar-refractivity contribution in [2.24, 2.45) is 23.7 Å². The molecule has 0 aromatic heterocycles. The first-order chi connectivity index (χ1) is 9.15. The van der Waals surface area contributed by atoms with Gasteiger partial charge in [0, 0.05) is 22.1 Å². The maximum Gasteiger partial charge on any atom is 0.0468 e. The third-order valence-corrected chi connectivity index (χ3v) is 6.17. The molecule has 5 unspecified atom stereocenters. The van der Waals surface area contributed by atoms with E-state index in [1.807, 2.05) is 12.1 Å². The predicted molar refractivity (Wildman–Crippen MR) is 79.6 cm³/mol. The summed E-state index contributed by atoms with van der Waals surface area (Å²) in [6.45, 7) is 2.21. The van der Waals surface area contributed by atoms with Gasteiger partial charge in [0.25, 0.3) is 0 Å². The quantitative estimate of drug-likeness (QED) is 0.853. The second-order valence-corrected chi connectivity index (χ2v) is 7.41. The topological polar surface area (TPSA) is 12.0 Å². The van der Waals surface area contributed by atoms with Crippen molar-refractivity contribution in [1.82, 2.24) is 5.32 Å². The van der Waals surface area contributed by atoms with Crippen LogP contribution in [0.2, 0.25) is 10.0 Å². The minimum Gasteiger partial charge on any atom is -0.307 e. The zero-order chi connectivity index (χ0) is 13.1. The number of fused-ring (bicyclic) bond motifs is 5. The van der Waals surface area contributed by atoms with E-state index in [4.69, 9.17) is 23.2 Å². The standard InChI is InChI=1S/C16H19Cl2N/c1-8(12-5-4-11(17)7-13(12)18)19-16-14-9-2-3-10(6-9)15(14)16/h4-5,7-10,14-16,19H,2-3,6H2,1H3. The number of halogens is 2. The summed E-state index contributed by atoms with van der Waals surface area (Å²) in [5, 5.41) is 5.30. The van der Waals surface area contributed by atoms with Crippen LogP contribution < -0.4 is 5.32 Å². The molecule has 3 heteroatoms. The van der Waals surface area contributed by atoms with Gasteiger partial charge in [0.05, 0.1) is 0 Å². The second-order valence-electron chi connectivity index (χ2n) is 6.57. The van der Waals surface area contributed by atoms with Gasteiger partial charge in [-0.2, -0.15) is 0 Å². The van der Waals surface area contributed by atoms with Crippen LogP contribution in [-0.4, -0.2) is 6.04 Å². The molecule has 0 heterocycles. The maximum absolute atomic E-state index is 6.29. The molecule has 3 fully saturated rings. The van der Waals surface area contributed by atoms with E-state index in [1.165, 1.54) is 24.8 Å². The van der Waals surface area contributed by atoms with Crippen LogP contribution in [0, 0.1) is 23.7 Å². The first-order valence-electron chi connectivity index (χ1n) is 7.36. The van der Waals surface area contributed by atoms with E-state index in [-0.39, 0.29) is 0 Å². The Labute approximate surface area is 124 Å². The van der Waals surface area contributed by atoms with Crippen molar-refractivity contribution >= 4 is 23.2 Å². The van der Waals surface area contributed by atoms with Crippen molar-refractivity contribution in [1.29, 1.82) is 0 Å². The second kappa shape index (κ2) is 4.38. The molecule has 0 amide bonds. The van der Waals surface area contributed by atoms with E-state index in [0.717, 1.165) is 34.7 Å². The fraction of sp³-hybridized carbons (Fsp3) is 0.625. The molecule has 1 aromatic rings. The zero-order valence-corrected chi connectivity index (χ0v) is 12.6. The molecule has 102 valence electrons. The number of rotatable bonds is 3. The lowest BCUT2D eigenvalue weighted by Gasteiger charge is -2.18. The fourth-order valence-corrected chi connectivity index (χ4v) is 5.35. The molecule has 3 aliphatic carbocycles. The van der Waals surface area contributed by atoms with Gasteiger partial charge < -0.3 is 5.32 Å². The molecular weight excluding hydrogens is 277 g/mol. The molecule has 1 N–H and O–H groups in total. The number of hydrogen-bond acceptors (Lipinski definition) is 1. The molecule has 4 rings (SSSR count). The maximum atomic E-state index is 6.29. The Morgan fingerprint density at radius 1 is 1.16 bits per heavy atom. The number of benzene rings is 1. The third kappa shape index (κ3) is 1.93. The van der Waals surface area contributed by atoms with Crippen LogP contribution in [0.15, 0.2) is 18.2 Å². The average Bonchev–Trinajstić information content (AvgIpc) is 2.78. The first kappa shape index (κ1) is 12.5. The summed E-state index contributed by atoms with van der Waals surface area (Å²) in [6.07, 6.45) is 4.45. The smallest absolute Gasteiger partial charge is 0.0468 e. The van der Waals surface area contributed by atoms with Gasteiger partial charge in [-0.1, -0.05) is 29.3 Å². The minimum atomic E-state index is 0.319. The van der Waals surface area contributed by atoms with Gasteiger partial charge in [-0.15, -0.1) is 0 Å². The molecule has 0 aliphatic heterocycles. The van der Waals surface area contributed by atoms with Crippen molar-refractivity contribution in [2.45, 2.75) is 38.3 Å². The van der Waals surface area contributed by atoms with Crippen molar-refractivity contribution in [2.75, 3.05) is 0 Å². The van der Waals surface area contributed by atoms with Crippen LogP contribution in [-0.2, 0) is 0 Å². The highest BCUT2D eigenvalue weighted by Gasteiger charge is 2.64. The molecule has 19 heavy (non-hydrogen) atoms. The Bertz CT molecular complexity index is 499. The zero-order valence-electron chi connectivity index (χ0n) is 11.1. The van der Waals surface area contributed by atoms with E-state index in [1.54, 1.807) is 0 Å². The van der Waals surface area contributed by atoms with Crippen molar-refractivity contribution < 1.29 is 0 Å². The lowest BCUT2D eigenvalue weighted by Crippen LogP contribution is -2.26. The Morgan fingerprint density at radius 2 is 1.84 bits per heavy atom. The minimum absolute atomic E-state index is 0.319. The van der Waals surface area contributed by atoms with Crippen LogP contribution in [0.3, 0.4) is 0 Å². The molecule has 5 atom stereocenters. The van der Waals surface area contributed by atoms with Gasteiger partial charge in [-0.25, -0.2) is 0 Å². The lowest BCUT2D eigenvalue weighted by molar-refractivity contribution is 0.433. The monoisotopic (exact) mass is 295 g/mol. The first-order valence-corrected chi connectivity index (χ1v) is 8.11. The van der Waals surface area contributed by atoms with Gasteiger partial charge in [0.1, 0.15) is 0 Å². The van der Waals surface area contributed by atoms with E-state index >= 15 is 0 Å². The summed E-state index contributed by atoms with van der Waals surface area (Å²) in [5.74, 6) is 3.96. The summed E-state index contributed by atoms with van der Waals surface area (Å²) >= 11 is 12.3. The van der Waals surface area contributed by atoms with Crippen molar-refractivity contribution in [3.05, 3.63) is 33.8 Å². The third-order valence-electron chi connectivity index (χ3n) is 5.61. The molecular formula is C16H19Cl2N. The normalized spacial score (nSPS) is 40.3. The summed E-state index contributed by atoms with van der Waals surface area (Å²) in [6, 6.07) is 6.88. The van der Waals surface area contributed by atoms with E-state index in [2.05, 4.69) is 18.3 Å². The summed E-state index contributed by atoms with van der Waals surface area (Å²) in [7, 11) is 0. The highest BCUT2D eigenvalue weighted by Crippen LogP contribution is 2.65. The van der Waals surface area contributed by atoms with Crippen LogP contribution in [0.5, 0.6) is 0 Å². The molecule has 3 aliphatic rings. The average molecular weight is 296 g/mol. The lowest BCUT2D eigenvalue weighted by atomic mass is 10.0. The van der Waals surface area contributed by atoms with Crippen LogP contribution >= 0.6 is 23.2 Å². The van der Waals surface area contributed by atoms with Crippen LogP contribution in [0.1, 0.15) is 37.8 Å². The summed E-state index contributed by atoms with van der Waals surface area (Å²) in [5.41, 5.74) is 1.17. The van der Waals surface area contributed by atoms with E-state index in [9.17, 15) is 0 Å².